The minimum Gasteiger partial charge on any atom is -0.437 e. The van der Waals surface area contributed by atoms with E-state index in [1.54, 1.807) is 25.3 Å². The fourth-order valence-electron chi connectivity index (χ4n) is 2.29. The van der Waals surface area contributed by atoms with E-state index in [-0.39, 0.29) is 23.0 Å². The van der Waals surface area contributed by atoms with Gasteiger partial charge in [0, 0.05) is 12.7 Å². The summed E-state index contributed by atoms with van der Waals surface area (Å²) in [6.45, 7) is 1.83. The van der Waals surface area contributed by atoms with Crippen LogP contribution in [-0.2, 0) is 4.74 Å². The Bertz CT molecular complexity index is 905. The summed E-state index contributed by atoms with van der Waals surface area (Å²) in [6, 6.07) is 7.50. The maximum Gasteiger partial charge on any atom is 0.238 e. The van der Waals surface area contributed by atoms with Gasteiger partial charge in [0.05, 0.1) is 22.8 Å². The van der Waals surface area contributed by atoms with Crippen LogP contribution in [0.2, 0.25) is 5.02 Å². The molecule has 1 unspecified atom stereocenters. The van der Waals surface area contributed by atoms with Gasteiger partial charge in [0.15, 0.2) is 11.6 Å². The van der Waals surface area contributed by atoms with Crippen molar-refractivity contribution in [2.75, 3.05) is 7.11 Å². The zero-order chi connectivity index (χ0) is 17.3. The molecule has 0 fully saturated rings. The molecule has 24 heavy (non-hydrogen) atoms. The number of hydrogen-bond acceptors (Lipinski definition) is 4. The molecule has 0 spiro atoms. The maximum atomic E-state index is 13.7. The van der Waals surface area contributed by atoms with Crippen LogP contribution < -0.4 is 4.74 Å². The first-order valence-corrected chi connectivity index (χ1v) is 7.49. The summed E-state index contributed by atoms with van der Waals surface area (Å²) in [5, 5.41) is 0.490. The maximum absolute atomic E-state index is 13.7. The number of aromatic nitrogens is 2. The summed E-state index contributed by atoms with van der Waals surface area (Å²) < 4.78 is 37.9. The predicted octanol–water partition coefficient (Wildman–Crippen LogP) is 5.06. The number of benzene rings is 2. The van der Waals surface area contributed by atoms with Crippen molar-refractivity contribution < 1.29 is 18.3 Å². The first-order valence-electron chi connectivity index (χ1n) is 7.11. The normalized spacial score (nSPS) is 12.4. The van der Waals surface area contributed by atoms with Crippen LogP contribution in [0.5, 0.6) is 11.6 Å². The first kappa shape index (κ1) is 16.5. The van der Waals surface area contributed by atoms with Crippen LogP contribution in [0.15, 0.2) is 36.5 Å². The van der Waals surface area contributed by atoms with Crippen molar-refractivity contribution in [2.24, 2.45) is 0 Å². The predicted molar refractivity (Wildman–Crippen MR) is 86.4 cm³/mol. The molecule has 0 saturated carbocycles. The van der Waals surface area contributed by atoms with Gasteiger partial charge in [0.25, 0.3) is 0 Å². The largest absolute Gasteiger partial charge is 0.437 e. The molecule has 7 heteroatoms. The second-order valence-electron chi connectivity index (χ2n) is 5.07. The Hall–Kier alpha value is -2.31. The molecule has 3 rings (SSSR count). The number of nitrogens with zero attached hydrogens (tertiary/aromatic N) is 2. The highest BCUT2D eigenvalue weighted by Crippen LogP contribution is 2.36. The third-order valence-electron chi connectivity index (χ3n) is 3.57. The van der Waals surface area contributed by atoms with Crippen LogP contribution in [0.4, 0.5) is 8.78 Å². The van der Waals surface area contributed by atoms with Crippen molar-refractivity contribution in [3.8, 4) is 11.6 Å². The summed E-state index contributed by atoms with van der Waals surface area (Å²) >= 11 is 6.22. The molecular formula is C17H13ClF2N2O2. The lowest BCUT2D eigenvalue weighted by atomic mass is 10.1. The molecule has 0 aliphatic rings. The Morgan fingerprint density at radius 1 is 1.17 bits per heavy atom. The van der Waals surface area contributed by atoms with Gasteiger partial charge in [-0.05, 0) is 31.2 Å². The number of halogens is 3. The van der Waals surface area contributed by atoms with E-state index in [0.29, 0.717) is 16.3 Å². The van der Waals surface area contributed by atoms with Crippen molar-refractivity contribution >= 4 is 22.6 Å². The third kappa shape index (κ3) is 3.02. The van der Waals surface area contributed by atoms with Crippen molar-refractivity contribution in [1.82, 2.24) is 9.97 Å². The third-order valence-corrected chi connectivity index (χ3v) is 3.90. The molecule has 1 atom stereocenters. The average Bonchev–Trinajstić information content (AvgIpc) is 2.58. The Morgan fingerprint density at radius 2 is 1.96 bits per heavy atom. The van der Waals surface area contributed by atoms with Crippen molar-refractivity contribution in [1.29, 1.82) is 0 Å². The molecule has 0 saturated heterocycles. The molecule has 124 valence electrons. The van der Waals surface area contributed by atoms with Gasteiger partial charge in [0.1, 0.15) is 11.3 Å². The number of hydrogen-bond donors (Lipinski definition) is 0. The van der Waals surface area contributed by atoms with E-state index in [1.165, 1.54) is 12.3 Å². The average molecular weight is 351 g/mol. The highest BCUT2D eigenvalue weighted by atomic mass is 35.5. The van der Waals surface area contributed by atoms with Crippen LogP contribution in [0, 0.1) is 11.6 Å². The van der Waals surface area contributed by atoms with E-state index in [9.17, 15) is 8.78 Å². The van der Waals surface area contributed by atoms with Crippen molar-refractivity contribution in [3.63, 3.8) is 0 Å². The minimum atomic E-state index is -1.04. The second kappa shape index (κ2) is 6.67. The Labute approximate surface area is 142 Å². The lowest BCUT2D eigenvalue weighted by Crippen LogP contribution is -2.01. The van der Waals surface area contributed by atoms with Gasteiger partial charge in [-0.15, -0.1) is 0 Å². The highest BCUT2D eigenvalue weighted by molar-refractivity contribution is 6.31. The van der Waals surface area contributed by atoms with E-state index in [1.807, 2.05) is 6.92 Å². The van der Waals surface area contributed by atoms with Crippen molar-refractivity contribution in [3.05, 3.63) is 58.7 Å². The van der Waals surface area contributed by atoms with Crippen LogP contribution in [-0.4, -0.2) is 17.1 Å². The molecule has 4 nitrogen and oxygen atoms in total. The first-order chi connectivity index (χ1) is 11.5. The molecule has 0 aliphatic carbocycles. The van der Waals surface area contributed by atoms with Crippen molar-refractivity contribution in [2.45, 2.75) is 13.0 Å². The van der Waals surface area contributed by atoms with E-state index < -0.39 is 11.6 Å². The topological polar surface area (TPSA) is 44.2 Å². The fourth-order valence-corrected chi connectivity index (χ4v) is 2.61. The van der Waals surface area contributed by atoms with Gasteiger partial charge in [-0.1, -0.05) is 17.7 Å². The lowest BCUT2D eigenvalue weighted by Gasteiger charge is -2.16. The number of rotatable bonds is 4. The molecule has 0 amide bonds. The zero-order valence-corrected chi connectivity index (χ0v) is 13.6. The quantitative estimate of drug-likeness (QED) is 0.659. The molecule has 0 bridgehead atoms. The standard InChI is InChI=1S/C17H13ClF2N2O2/c1-9(23-2)15-10(18)4-3-5-13(15)24-14-8-21-17-12(22-14)7-6-11(19)16(17)20/h3-9H,1-2H3. The number of fused-ring (bicyclic) bond motifs is 1. The lowest BCUT2D eigenvalue weighted by molar-refractivity contribution is 0.117. The van der Waals surface area contributed by atoms with Gasteiger partial charge in [0.2, 0.25) is 5.88 Å². The van der Waals surface area contributed by atoms with Crippen LogP contribution in [0.1, 0.15) is 18.6 Å². The Kier molecular flexibility index (Phi) is 4.59. The van der Waals surface area contributed by atoms with Gasteiger partial charge in [-0.25, -0.2) is 18.7 Å². The van der Waals surface area contributed by atoms with Crippen LogP contribution >= 0.6 is 11.6 Å². The van der Waals surface area contributed by atoms with E-state index >= 15 is 0 Å². The summed E-state index contributed by atoms with van der Waals surface area (Å²) in [6.07, 6.45) is 0.932. The monoisotopic (exact) mass is 350 g/mol. The molecule has 0 aliphatic heterocycles. The number of methoxy groups -OCH3 is 1. The van der Waals surface area contributed by atoms with E-state index in [4.69, 9.17) is 21.1 Å². The van der Waals surface area contributed by atoms with E-state index in [2.05, 4.69) is 9.97 Å². The smallest absolute Gasteiger partial charge is 0.238 e. The molecule has 1 aromatic heterocycles. The van der Waals surface area contributed by atoms with Crippen LogP contribution in [0.3, 0.4) is 0 Å². The Morgan fingerprint density at radius 3 is 2.71 bits per heavy atom. The molecule has 3 aromatic rings. The SMILES string of the molecule is COC(C)c1c(Cl)cccc1Oc1cnc2c(F)c(F)ccc2n1. The molecule has 2 aromatic carbocycles. The summed E-state index contributed by atoms with van der Waals surface area (Å²) in [4.78, 5) is 8.04. The van der Waals surface area contributed by atoms with Gasteiger partial charge in [-0.2, -0.15) is 0 Å². The minimum absolute atomic E-state index is 0.139. The fraction of sp³-hybridized carbons (Fsp3) is 0.176. The number of ether oxygens (including phenoxy) is 2. The molecule has 1 heterocycles. The zero-order valence-electron chi connectivity index (χ0n) is 12.9. The van der Waals surface area contributed by atoms with Gasteiger partial charge < -0.3 is 9.47 Å². The molecule has 0 N–H and O–H groups in total. The molecule has 0 radical (unpaired) electrons. The summed E-state index contributed by atoms with van der Waals surface area (Å²) in [5.41, 5.74) is 0.697. The van der Waals surface area contributed by atoms with Gasteiger partial charge in [-0.3, -0.25) is 0 Å². The second-order valence-corrected chi connectivity index (χ2v) is 5.48. The highest BCUT2D eigenvalue weighted by Gasteiger charge is 2.17. The van der Waals surface area contributed by atoms with E-state index in [0.717, 1.165) is 6.07 Å². The van der Waals surface area contributed by atoms with Crippen LogP contribution in [0.25, 0.3) is 11.0 Å². The summed E-state index contributed by atoms with van der Waals surface area (Å²) in [7, 11) is 1.56. The summed E-state index contributed by atoms with van der Waals surface area (Å²) in [5.74, 6) is -1.42. The Balaban J connectivity index is 2.02. The van der Waals surface area contributed by atoms with Gasteiger partial charge >= 0.3 is 0 Å². The molecular weight excluding hydrogens is 338 g/mol.